The average molecular weight is 436 g/mol. The maximum absolute atomic E-state index is 13.3. The predicted octanol–water partition coefficient (Wildman–Crippen LogP) is 3.28. The van der Waals surface area contributed by atoms with Gasteiger partial charge in [-0.25, -0.2) is 14.4 Å². The first kappa shape index (κ1) is 20.4. The first-order valence-electron chi connectivity index (χ1n) is 10.7. The second-order valence-corrected chi connectivity index (χ2v) is 8.22. The zero-order chi connectivity index (χ0) is 22.4. The summed E-state index contributed by atoms with van der Waals surface area (Å²) in [5, 5.41) is 5.54. The summed E-state index contributed by atoms with van der Waals surface area (Å²) in [6.07, 6.45) is 0. The molecule has 166 valence electrons. The number of ether oxygens (including phenoxy) is 1. The maximum atomic E-state index is 13.3. The Balaban J connectivity index is 1.43. The minimum absolute atomic E-state index is 0.000301. The second kappa shape index (κ2) is 7.90. The number of nitrogen functional groups attached to an aromatic ring is 1. The Kier molecular flexibility index (Phi) is 5.05. The zero-order valence-electron chi connectivity index (χ0n) is 18.4. The summed E-state index contributed by atoms with van der Waals surface area (Å²) in [5.41, 5.74) is 8.59. The highest BCUT2D eigenvalue weighted by atomic mass is 19.1. The van der Waals surface area contributed by atoms with E-state index in [1.54, 1.807) is 11.6 Å². The van der Waals surface area contributed by atoms with Crippen molar-refractivity contribution >= 4 is 28.2 Å². The molecule has 0 spiro atoms. The van der Waals surface area contributed by atoms with Crippen LogP contribution in [0.3, 0.4) is 0 Å². The Morgan fingerprint density at radius 2 is 1.91 bits per heavy atom. The maximum Gasteiger partial charge on any atom is 0.223 e. The van der Waals surface area contributed by atoms with Crippen molar-refractivity contribution in [3.8, 4) is 5.75 Å². The first-order chi connectivity index (χ1) is 15.5. The van der Waals surface area contributed by atoms with Crippen molar-refractivity contribution in [3.63, 3.8) is 0 Å². The summed E-state index contributed by atoms with van der Waals surface area (Å²) in [5.74, 6) is 1.42. The molecule has 0 bridgehead atoms. The molecule has 5 rings (SSSR count). The largest absolute Gasteiger partial charge is 0.494 e. The van der Waals surface area contributed by atoms with Crippen LogP contribution in [0.15, 0.2) is 42.5 Å². The van der Waals surface area contributed by atoms with Crippen LogP contribution in [0.1, 0.15) is 25.7 Å². The van der Waals surface area contributed by atoms with E-state index in [9.17, 15) is 4.39 Å². The standard InChI is InChI=1S/C23H26FN7O/c1-14-13-29(17-9-7-16(24)8-10-17)11-12-30(14)15(2)21-27-22-18-5-4-6-19(32-3)20(18)26-23(25)31(22)28-21/h4-10,14-15H,11-13H2,1-3H3,(H2,25,26). The number of halogens is 1. The molecule has 0 radical (unpaired) electrons. The van der Waals surface area contributed by atoms with Crippen LogP contribution in [0, 0.1) is 5.82 Å². The van der Waals surface area contributed by atoms with Gasteiger partial charge in [-0.1, -0.05) is 6.07 Å². The van der Waals surface area contributed by atoms with Crippen LogP contribution in [0.5, 0.6) is 5.75 Å². The van der Waals surface area contributed by atoms with Gasteiger partial charge >= 0.3 is 0 Å². The predicted molar refractivity (Wildman–Crippen MR) is 122 cm³/mol. The highest BCUT2D eigenvalue weighted by Crippen LogP contribution is 2.30. The number of methoxy groups -OCH3 is 1. The van der Waals surface area contributed by atoms with E-state index in [1.165, 1.54) is 12.1 Å². The number of rotatable bonds is 4. The molecule has 2 aromatic heterocycles. The van der Waals surface area contributed by atoms with E-state index in [4.69, 9.17) is 20.6 Å². The normalized spacial score (nSPS) is 18.4. The van der Waals surface area contributed by atoms with E-state index < -0.39 is 0 Å². The Morgan fingerprint density at radius 1 is 1.12 bits per heavy atom. The first-order valence-corrected chi connectivity index (χ1v) is 10.7. The molecule has 2 N–H and O–H groups in total. The van der Waals surface area contributed by atoms with Gasteiger partial charge in [-0.3, -0.25) is 4.90 Å². The minimum atomic E-state index is -0.217. The van der Waals surface area contributed by atoms with Gasteiger partial charge in [0.1, 0.15) is 17.1 Å². The number of piperazine rings is 1. The highest BCUT2D eigenvalue weighted by Gasteiger charge is 2.30. The van der Waals surface area contributed by atoms with E-state index in [-0.39, 0.29) is 23.8 Å². The van der Waals surface area contributed by atoms with Crippen molar-refractivity contribution in [1.82, 2.24) is 24.5 Å². The molecule has 1 aliphatic heterocycles. The van der Waals surface area contributed by atoms with Crippen molar-refractivity contribution in [1.29, 1.82) is 0 Å². The van der Waals surface area contributed by atoms with Crippen LogP contribution in [-0.2, 0) is 0 Å². The number of nitrogens with two attached hydrogens (primary N) is 1. The molecular formula is C23H26FN7O. The SMILES string of the molecule is COc1cccc2c1nc(N)n1nc(C(C)N3CCN(c4ccc(F)cc4)CC3C)nc21. The summed E-state index contributed by atoms with van der Waals surface area (Å²) in [7, 11) is 1.61. The lowest BCUT2D eigenvalue weighted by Crippen LogP contribution is -2.52. The molecule has 1 saturated heterocycles. The van der Waals surface area contributed by atoms with Crippen molar-refractivity contribution < 1.29 is 9.13 Å². The summed E-state index contributed by atoms with van der Waals surface area (Å²) in [4.78, 5) is 14.0. The summed E-state index contributed by atoms with van der Waals surface area (Å²) < 4.78 is 20.3. The van der Waals surface area contributed by atoms with Gasteiger partial charge in [0, 0.05) is 36.7 Å². The monoisotopic (exact) mass is 435 g/mol. The summed E-state index contributed by atoms with van der Waals surface area (Å²) >= 11 is 0. The quantitative estimate of drug-likeness (QED) is 0.527. The molecule has 1 aliphatic rings. The van der Waals surface area contributed by atoms with Gasteiger partial charge < -0.3 is 15.4 Å². The van der Waals surface area contributed by atoms with Crippen LogP contribution in [0.25, 0.3) is 16.6 Å². The summed E-state index contributed by atoms with van der Waals surface area (Å²) in [6, 6.07) is 12.7. The smallest absolute Gasteiger partial charge is 0.223 e. The van der Waals surface area contributed by atoms with E-state index in [1.807, 2.05) is 30.3 Å². The van der Waals surface area contributed by atoms with Crippen molar-refractivity contribution in [2.24, 2.45) is 0 Å². The number of hydrogen-bond donors (Lipinski definition) is 1. The fourth-order valence-corrected chi connectivity index (χ4v) is 4.57. The topological polar surface area (TPSA) is 84.8 Å². The number of nitrogens with zero attached hydrogens (tertiary/aromatic N) is 6. The lowest BCUT2D eigenvalue weighted by atomic mass is 10.1. The molecule has 0 saturated carbocycles. The van der Waals surface area contributed by atoms with Crippen LogP contribution in [0.2, 0.25) is 0 Å². The fraction of sp³-hybridized carbons (Fsp3) is 0.348. The zero-order valence-corrected chi connectivity index (χ0v) is 18.4. The van der Waals surface area contributed by atoms with Gasteiger partial charge in [0.25, 0.3) is 0 Å². The fourth-order valence-electron chi connectivity index (χ4n) is 4.57. The third-order valence-electron chi connectivity index (χ3n) is 6.27. The molecule has 9 heteroatoms. The average Bonchev–Trinajstić information content (AvgIpc) is 3.25. The molecule has 1 fully saturated rings. The van der Waals surface area contributed by atoms with Gasteiger partial charge in [-0.05, 0) is 50.2 Å². The summed E-state index contributed by atoms with van der Waals surface area (Å²) in [6.45, 7) is 6.84. The molecule has 4 aromatic rings. The lowest BCUT2D eigenvalue weighted by molar-refractivity contribution is 0.133. The van der Waals surface area contributed by atoms with E-state index in [0.29, 0.717) is 22.7 Å². The Labute approximate surface area is 185 Å². The van der Waals surface area contributed by atoms with Crippen molar-refractivity contribution in [2.75, 3.05) is 37.4 Å². The van der Waals surface area contributed by atoms with E-state index >= 15 is 0 Å². The van der Waals surface area contributed by atoms with Crippen LogP contribution < -0.4 is 15.4 Å². The number of benzene rings is 2. The van der Waals surface area contributed by atoms with Crippen molar-refractivity contribution in [2.45, 2.75) is 25.9 Å². The van der Waals surface area contributed by atoms with E-state index in [0.717, 1.165) is 30.7 Å². The van der Waals surface area contributed by atoms with Crippen LogP contribution in [-0.4, -0.2) is 57.3 Å². The molecule has 8 nitrogen and oxygen atoms in total. The third-order valence-corrected chi connectivity index (χ3v) is 6.27. The Morgan fingerprint density at radius 3 is 2.62 bits per heavy atom. The molecule has 0 amide bonds. The van der Waals surface area contributed by atoms with Crippen molar-refractivity contribution in [3.05, 3.63) is 54.1 Å². The molecular weight excluding hydrogens is 409 g/mol. The van der Waals surface area contributed by atoms with Gasteiger partial charge in [0.05, 0.1) is 13.2 Å². The third kappa shape index (κ3) is 3.38. The number of hydrogen-bond acceptors (Lipinski definition) is 7. The van der Waals surface area contributed by atoms with Gasteiger partial charge in [-0.15, -0.1) is 5.10 Å². The molecule has 0 aliphatic carbocycles. The molecule has 32 heavy (non-hydrogen) atoms. The number of para-hydroxylation sites is 1. The minimum Gasteiger partial charge on any atom is -0.494 e. The molecule has 2 atom stereocenters. The molecule has 2 aromatic carbocycles. The van der Waals surface area contributed by atoms with Crippen LogP contribution >= 0.6 is 0 Å². The lowest BCUT2D eigenvalue weighted by Gasteiger charge is -2.43. The Bertz CT molecular complexity index is 1270. The number of aromatic nitrogens is 4. The van der Waals surface area contributed by atoms with Gasteiger partial charge in [0.15, 0.2) is 11.5 Å². The van der Waals surface area contributed by atoms with E-state index in [2.05, 4.69) is 28.6 Å². The second-order valence-electron chi connectivity index (χ2n) is 8.22. The Hall–Kier alpha value is -3.46. The molecule has 2 unspecified atom stereocenters. The number of anilines is 2. The van der Waals surface area contributed by atoms with Crippen LogP contribution in [0.4, 0.5) is 16.0 Å². The molecule has 3 heterocycles. The number of fused-ring (bicyclic) bond motifs is 3. The van der Waals surface area contributed by atoms with Gasteiger partial charge in [-0.2, -0.15) is 4.52 Å². The highest BCUT2D eigenvalue weighted by molar-refractivity contribution is 5.95. The van der Waals surface area contributed by atoms with Gasteiger partial charge in [0.2, 0.25) is 5.95 Å².